The SMILES string of the molecule is CC(C)C[C@H](N)C(=O)N(Cl)[C@@H](Cc1ccccc1)C(O)C(=O)NC1CC1. The van der Waals surface area contributed by atoms with Crippen LogP contribution in [0.1, 0.15) is 38.7 Å². The summed E-state index contributed by atoms with van der Waals surface area (Å²) >= 11 is 6.28. The van der Waals surface area contributed by atoms with Gasteiger partial charge >= 0.3 is 0 Å². The zero-order chi connectivity index (χ0) is 19.3. The fourth-order valence-electron chi connectivity index (χ4n) is 2.79. The third-order valence-electron chi connectivity index (χ3n) is 4.39. The van der Waals surface area contributed by atoms with E-state index in [4.69, 9.17) is 17.5 Å². The molecule has 0 bridgehead atoms. The summed E-state index contributed by atoms with van der Waals surface area (Å²) in [5.41, 5.74) is 6.83. The number of carbonyl (C=O) groups is 2. The van der Waals surface area contributed by atoms with Crippen molar-refractivity contribution in [1.82, 2.24) is 9.74 Å². The molecule has 1 saturated carbocycles. The van der Waals surface area contributed by atoms with Gasteiger partial charge in [0.25, 0.3) is 11.8 Å². The second-order valence-corrected chi connectivity index (χ2v) is 7.73. The van der Waals surface area contributed by atoms with Crippen molar-refractivity contribution in [3.05, 3.63) is 35.9 Å². The number of aliphatic hydroxyl groups excluding tert-OH is 1. The van der Waals surface area contributed by atoms with E-state index in [1.54, 1.807) is 0 Å². The van der Waals surface area contributed by atoms with E-state index in [1.807, 2.05) is 44.2 Å². The lowest BCUT2D eigenvalue weighted by Gasteiger charge is -2.31. The first kappa shape index (κ1) is 20.7. The first-order chi connectivity index (χ1) is 12.3. The summed E-state index contributed by atoms with van der Waals surface area (Å²) in [5.74, 6) is -0.765. The molecule has 7 heteroatoms. The molecule has 26 heavy (non-hydrogen) atoms. The molecule has 2 amide bonds. The zero-order valence-electron chi connectivity index (χ0n) is 15.3. The van der Waals surface area contributed by atoms with Gasteiger partial charge in [0.1, 0.15) is 0 Å². The molecule has 0 radical (unpaired) electrons. The van der Waals surface area contributed by atoms with Crippen molar-refractivity contribution in [2.75, 3.05) is 0 Å². The molecule has 4 N–H and O–H groups in total. The molecule has 6 nitrogen and oxygen atoms in total. The van der Waals surface area contributed by atoms with Crippen molar-refractivity contribution < 1.29 is 14.7 Å². The van der Waals surface area contributed by atoms with Crippen LogP contribution in [0.5, 0.6) is 0 Å². The maximum Gasteiger partial charge on any atom is 0.254 e. The van der Waals surface area contributed by atoms with Crippen LogP contribution in [0.25, 0.3) is 0 Å². The minimum Gasteiger partial charge on any atom is -0.381 e. The van der Waals surface area contributed by atoms with Gasteiger partial charge in [-0.1, -0.05) is 44.2 Å². The van der Waals surface area contributed by atoms with Gasteiger partial charge in [0.15, 0.2) is 6.10 Å². The van der Waals surface area contributed by atoms with Crippen LogP contribution in [0.4, 0.5) is 0 Å². The number of benzene rings is 1. The minimum absolute atomic E-state index is 0.109. The van der Waals surface area contributed by atoms with Crippen molar-refractivity contribution >= 4 is 23.6 Å². The molecule has 0 aliphatic heterocycles. The van der Waals surface area contributed by atoms with Crippen LogP contribution < -0.4 is 11.1 Å². The fraction of sp³-hybridized carbons (Fsp3) is 0.579. The number of hydrogen-bond acceptors (Lipinski definition) is 4. The summed E-state index contributed by atoms with van der Waals surface area (Å²) in [7, 11) is 0. The molecule has 0 heterocycles. The van der Waals surface area contributed by atoms with Gasteiger partial charge < -0.3 is 16.2 Å². The predicted molar refractivity (Wildman–Crippen MR) is 101 cm³/mol. The van der Waals surface area contributed by atoms with Gasteiger partial charge in [-0.25, -0.2) is 4.42 Å². The highest BCUT2D eigenvalue weighted by Gasteiger charge is 2.37. The number of nitrogens with one attached hydrogen (secondary N) is 1. The lowest BCUT2D eigenvalue weighted by Crippen LogP contribution is -2.54. The first-order valence-electron chi connectivity index (χ1n) is 9.06. The average molecular weight is 382 g/mol. The largest absolute Gasteiger partial charge is 0.381 e. The number of rotatable bonds is 9. The van der Waals surface area contributed by atoms with Gasteiger partial charge in [-0.05, 0) is 37.2 Å². The van der Waals surface area contributed by atoms with Gasteiger partial charge in [-0.3, -0.25) is 9.59 Å². The predicted octanol–water partition coefficient (Wildman–Crippen LogP) is 1.59. The molecule has 0 saturated heterocycles. The van der Waals surface area contributed by atoms with E-state index in [-0.39, 0.29) is 18.4 Å². The van der Waals surface area contributed by atoms with Crippen molar-refractivity contribution in [1.29, 1.82) is 0 Å². The number of hydrogen-bond donors (Lipinski definition) is 3. The highest BCUT2D eigenvalue weighted by molar-refractivity contribution is 6.22. The zero-order valence-corrected chi connectivity index (χ0v) is 16.0. The Kier molecular flexibility index (Phi) is 7.43. The van der Waals surface area contributed by atoms with Crippen LogP contribution in [0, 0.1) is 5.92 Å². The monoisotopic (exact) mass is 381 g/mol. The number of amides is 2. The number of nitrogens with zero attached hydrogens (tertiary/aromatic N) is 1. The van der Waals surface area contributed by atoms with Crippen LogP contribution in [0.15, 0.2) is 30.3 Å². The van der Waals surface area contributed by atoms with Crippen LogP contribution in [0.3, 0.4) is 0 Å². The molecule has 1 unspecified atom stereocenters. The summed E-state index contributed by atoms with van der Waals surface area (Å²) in [5, 5.41) is 13.3. The molecule has 1 aromatic carbocycles. The Morgan fingerprint density at radius 1 is 1.31 bits per heavy atom. The summed E-state index contributed by atoms with van der Waals surface area (Å²) < 4.78 is 0.914. The van der Waals surface area contributed by atoms with Gasteiger partial charge in [0, 0.05) is 17.8 Å². The molecule has 1 fully saturated rings. The van der Waals surface area contributed by atoms with E-state index >= 15 is 0 Å². The summed E-state index contributed by atoms with van der Waals surface area (Å²) in [6.07, 6.45) is 1.12. The van der Waals surface area contributed by atoms with Gasteiger partial charge in [0.05, 0.1) is 12.1 Å². The minimum atomic E-state index is -1.43. The van der Waals surface area contributed by atoms with E-state index in [2.05, 4.69) is 5.32 Å². The standard InChI is InChI=1S/C19H28ClN3O3/c1-12(2)10-15(21)19(26)23(20)16(11-13-6-4-3-5-7-13)17(24)18(25)22-14-8-9-14/h3-7,12,14-17,24H,8-11,21H2,1-2H3,(H,22,25)/t15-,16-,17?/m0/s1. The van der Waals surface area contributed by atoms with Crippen LogP contribution in [-0.4, -0.2) is 45.6 Å². The summed E-state index contributed by atoms with van der Waals surface area (Å²) in [6, 6.07) is 7.74. The molecular formula is C19H28ClN3O3. The maximum absolute atomic E-state index is 12.6. The molecule has 1 aliphatic carbocycles. The van der Waals surface area contributed by atoms with Gasteiger partial charge in [-0.2, -0.15) is 0 Å². The molecule has 2 rings (SSSR count). The summed E-state index contributed by atoms with van der Waals surface area (Å²) in [6.45, 7) is 3.93. The van der Waals surface area contributed by atoms with Crippen LogP contribution in [-0.2, 0) is 16.0 Å². The third kappa shape index (κ3) is 5.97. The molecular weight excluding hydrogens is 354 g/mol. The number of carbonyl (C=O) groups excluding carboxylic acids is 2. The Labute approximate surface area is 159 Å². The van der Waals surface area contributed by atoms with Gasteiger partial charge in [-0.15, -0.1) is 0 Å². The van der Waals surface area contributed by atoms with E-state index in [0.717, 1.165) is 22.8 Å². The Morgan fingerprint density at radius 2 is 1.92 bits per heavy atom. The lowest BCUT2D eigenvalue weighted by molar-refractivity contribution is -0.137. The van der Waals surface area contributed by atoms with E-state index < -0.39 is 30.0 Å². The smallest absolute Gasteiger partial charge is 0.254 e. The quantitative estimate of drug-likeness (QED) is 0.566. The Morgan fingerprint density at radius 3 is 2.46 bits per heavy atom. The van der Waals surface area contributed by atoms with E-state index in [9.17, 15) is 14.7 Å². The van der Waals surface area contributed by atoms with Crippen LogP contribution >= 0.6 is 11.8 Å². The Balaban J connectivity index is 2.14. The molecule has 0 aromatic heterocycles. The van der Waals surface area contributed by atoms with Crippen molar-refractivity contribution in [2.45, 2.75) is 63.8 Å². The Hall–Kier alpha value is -1.63. The average Bonchev–Trinajstić information content (AvgIpc) is 3.42. The second kappa shape index (κ2) is 9.35. The first-order valence-corrected chi connectivity index (χ1v) is 9.40. The maximum atomic E-state index is 12.6. The highest BCUT2D eigenvalue weighted by Crippen LogP contribution is 2.21. The van der Waals surface area contributed by atoms with Crippen molar-refractivity contribution in [3.8, 4) is 0 Å². The molecule has 1 aromatic rings. The number of aliphatic hydroxyl groups is 1. The van der Waals surface area contributed by atoms with E-state index in [0.29, 0.717) is 6.42 Å². The number of nitrogens with two attached hydrogens (primary N) is 1. The van der Waals surface area contributed by atoms with Crippen LogP contribution in [0.2, 0.25) is 0 Å². The Bertz CT molecular complexity index is 607. The van der Waals surface area contributed by atoms with Gasteiger partial charge in [0.2, 0.25) is 0 Å². The van der Waals surface area contributed by atoms with E-state index in [1.165, 1.54) is 0 Å². The topological polar surface area (TPSA) is 95.7 Å². The molecule has 3 atom stereocenters. The number of halogens is 1. The molecule has 0 spiro atoms. The van der Waals surface area contributed by atoms with Crippen molar-refractivity contribution in [3.63, 3.8) is 0 Å². The second-order valence-electron chi connectivity index (χ2n) is 7.37. The lowest BCUT2D eigenvalue weighted by atomic mass is 9.98. The highest BCUT2D eigenvalue weighted by atomic mass is 35.5. The van der Waals surface area contributed by atoms with Crippen molar-refractivity contribution in [2.24, 2.45) is 11.7 Å². The molecule has 144 valence electrons. The summed E-state index contributed by atoms with van der Waals surface area (Å²) in [4.78, 5) is 24.9. The molecule has 1 aliphatic rings. The third-order valence-corrected chi connectivity index (χ3v) is 4.81. The fourth-order valence-corrected chi connectivity index (χ4v) is 3.09. The normalized spacial score (nSPS) is 17.5.